The van der Waals surface area contributed by atoms with Gasteiger partial charge in [-0.05, 0) is 29.7 Å². The number of piperazine rings is 1. The van der Waals surface area contributed by atoms with Crippen LogP contribution in [0.1, 0.15) is 27.9 Å². The Hall–Kier alpha value is -2.74. The number of aliphatic hydroxyl groups excluding tert-OH is 1. The summed E-state index contributed by atoms with van der Waals surface area (Å²) in [5.41, 5.74) is 2.54. The van der Waals surface area contributed by atoms with Crippen molar-refractivity contribution in [2.75, 3.05) is 39.8 Å². The molecule has 3 heterocycles. The average molecular weight is 450 g/mol. The minimum atomic E-state index is -0.330. The average Bonchev–Trinajstić information content (AvgIpc) is 3.17. The number of hydrogen-bond donors (Lipinski definition) is 1. The number of methoxy groups -OCH3 is 1. The SMILES string of the molecule is COC(=O)c1cccc(CN2CC3CC(O)CN3C3(C2)CN(C(=O)Cc2ccccc2)C3)c1. The molecular weight excluding hydrogens is 418 g/mol. The summed E-state index contributed by atoms with van der Waals surface area (Å²) in [6.07, 6.45) is 0.870. The number of aliphatic hydroxyl groups is 1. The van der Waals surface area contributed by atoms with Gasteiger partial charge in [-0.1, -0.05) is 42.5 Å². The van der Waals surface area contributed by atoms with Crippen LogP contribution in [0.25, 0.3) is 0 Å². The van der Waals surface area contributed by atoms with Crippen LogP contribution < -0.4 is 0 Å². The van der Waals surface area contributed by atoms with Gasteiger partial charge in [0.1, 0.15) is 0 Å². The molecule has 3 saturated heterocycles. The second-order valence-corrected chi connectivity index (χ2v) is 9.69. The fraction of sp³-hybridized carbons (Fsp3) is 0.462. The molecule has 7 heteroatoms. The van der Waals surface area contributed by atoms with Crippen molar-refractivity contribution in [3.05, 3.63) is 71.3 Å². The second kappa shape index (κ2) is 8.89. The number of amides is 1. The lowest BCUT2D eigenvalue weighted by Gasteiger charge is -2.61. The molecule has 5 rings (SSSR count). The van der Waals surface area contributed by atoms with Gasteiger partial charge in [0.05, 0.1) is 30.7 Å². The lowest BCUT2D eigenvalue weighted by Crippen LogP contribution is -2.78. The molecule has 33 heavy (non-hydrogen) atoms. The highest BCUT2D eigenvalue weighted by Crippen LogP contribution is 2.39. The molecule has 2 unspecified atom stereocenters. The Balaban J connectivity index is 1.28. The molecule has 7 nitrogen and oxygen atoms in total. The summed E-state index contributed by atoms with van der Waals surface area (Å²) in [6, 6.07) is 17.7. The molecule has 1 spiro atoms. The maximum Gasteiger partial charge on any atom is 0.337 e. The second-order valence-electron chi connectivity index (χ2n) is 9.69. The van der Waals surface area contributed by atoms with Gasteiger partial charge in [0, 0.05) is 45.3 Å². The third-order valence-corrected chi connectivity index (χ3v) is 7.26. The van der Waals surface area contributed by atoms with Gasteiger partial charge in [-0.3, -0.25) is 14.6 Å². The zero-order valence-corrected chi connectivity index (χ0v) is 19.0. The predicted molar refractivity (Wildman–Crippen MR) is 124 cm³/mol. The molecular formula is C26H31N3O4. The smallest absolute Gasteiger partial charge is 0.337 e. The van der Waals surface area contributed by atoms with Crippen LogP contribution in [-0.4, -0.2) is 89.2 Å². The van der Waals surface area contributed by atoms with Crippen molar-refractivity contribution < 1.29 is 19.4 Å². The number of esters is 1. The number of hydrogen-bond acceptors (Lipinski definition) is 6. The summed E-state index contributed by atoms with van der Waals surface area (Å²) < 4.78 is 4.86. The van der Waals surface area contributed by atoms with E-state index >= 15 is 0 Å². The summed E-state index contributed by atoms with van der Waals surface area (Å²) in [5, 5.41) is 10.4. The van der Waals surface area contributed by atoms with Gasteiger partial charge in [0.15, 0.2) is 0 Å². The van der Waals surface area contributed by atoms with Crippen molar-refractivity contribution in [1.29, 1.82) is 0 Å². The number of fused-ring (bicyclic) bond motifs is 2. The van der Waals surface area contributed by atoms with Crippen LogP contribution in [0.5, 0.6) is 0 Å². The molecule has 0 radical (unpaired) electrons. The fourth-order valence-corrected chi connectivity index (χ4v) is 5.81. The molecule has 0 aliphatic carbocycles. The van der Waals surface area contributed by atoms with Crippen LogP contribution in [0.2, 0.25) is 0 Å². The van der Waals surface area contributed by atoms with Crippen LogP contribution in [-0.2, 0) is 22.5 Å². The summed E-state index contributed by atoms with van der Waals surface area (Å²) in [4.78, 5) is 31.6. The van der Waals surface area contributed by atoms with Crippen LogP contribution in [0.3, 0.4) is 0 Å². The summed E-state index contributed by atoms with van der Waals surface area (Å²) in [7, 11) is 1.39. The van der Waals surface area contributed by atoms with Gasteiger partial charge in [-0.15, -0.1) is 0 Å². The van der Waals surface area contributed by atoms with E-state index < -0.39 is 0 Å². The number of ether oxygens (including phenoxy) is 1. The third kappa shape index (κ3) is 4.40. The number of nitrogens with zero attached hydrogens (tertiary/aromatic N) is 3. The van der Waals surface area contributed by atoms with Gasteiger partial charge >= 0.3 is 5.97 Å². The Labute approximate surface area is 194 Å². The number of β-amino-alcohol motifs (C(OH)–C–C–N with tert-alkyl or cyclic N) is 1. The van der Waals surface area contributed by atoms with E-state index in [2.05, 4.69) is 9.80 Å². The highest BCUT2D eigenvalue weighted by molar-refractivity contribution is 5.89. The van der Waals surface area contributed by atoms with E-state index in [4.69, 9.17) is 4.74 Å². The highest BCUT2D eigenvalue weighted by atomic mass is 16.5. The van der Waals surface area contributed by atoms with Gasteiger partial charge in [0.25, 0.3) is 0 Å². The summed E-state index contributed by atoms with van der Waals surface area (Å²) >= 11 is 0. The largest absolute Gasteiger partial charge is 0.465 e. The van der Waals surface area contributed by atoms with E-state index in [1.807, 2.05) is 53.4 Å². The molecule has 1 amide bonds. The normalized spacial score (nSPS) is 24.4. The predicted octanol–water partition coefficient (Wildman–Crippen LogP) is 1.55. The molecule has 2 atom stereocenters. The Kier molecular flexibility index (Phi) is 5.95. The molecule has 0 saturated carbocycles. The standard InChI is InChI=1S/C26H31N3O4/c1-33-25(32)21-9-5-8-20(10-21)13-27-14-22-12-23(30)15-29(22)26(16-27)17-28(18-26)24(31)11-19-6-3-2-4-7-19/h2-10,22-23,30H,11-18H2,1H3. The maximum absolute atomic E-state index is 12.9. The first kappa shape index (κ1) is 22.1. The zero-order chi connectivity index (χ0) is 23.0. The van der Waals surface area contributed by atoms with Crippen molar-refractivity contribution in [2.45, 2.75) is 37.1 Å². The summed E-state index contributed by atoms with van der Waals surface area (Å²) in [6.45, 7) is 4.51. The monoisotopic (exact) mass is 449 g/mol. The van der Waals surface area contributed by atoms with E-state index in [1.54, 1.807) is 6.07 Å². The number of carbonyl (C=O) groups excluding carboxylic acids is 2. The van der Waals surface area contributed by atoms with Crippen LogP contribution in [0.4, 0.5) is 0 Å². The third-order valence-electron chi connectivity index (χ3n) is 7.26. The van der Waals surface area contributed by atoms with Gasteiger partial charge in [0.2, 0.25) is 5.91 Å². The molecule has 1 N–H and O–H groups in total. The van der Waals surface area contributed by atoms with E-state index in [1.165, 1.54) is 7.11 Å². The molecule has 3 aliphatic rings. The maximum atomic E-state index is 12.9. The van der Waals surface area contributed by atoms with E-state index in [0.29, 0.717) is 31.6 Å². The Morgan fingerprint density at radius 3 is 2.55 bits per heavy atom. The van der Waals surface area contributed by atoms with Crippen LogP contribution >= 0.6 is 0 Å². The Morgan fingerprint density at radius 1 is 1.03 bits per heavy atom. The molecule has 174 valence electrons. The number of rotatable bonds is 5. The van der Waals surface area contributed by atoms with Crippen molar-refractivity contribution >= 4 is 11.9 Å². The van der Waals surface area contributed by atoms with Crippen molar-refractivity contribution in [3.63, 3.8) is 0 Å². The molecule has 0 aromatic heterocycles. The molecule has 0 bridgehead atoms. The first-order valence-electron chi connectivity index (χ1n) is 11.6. The van der Waals surface area contributed by atoms with Crippen LogP contribution in [0, 0.1) is 0 Å². The van der Waals surface area contributed by atoms with Gasteiger partial charge < -0.3 is 14.7 Å². The van der Waals surface area contributed by atoms with Crippen molar-refractivity contribution in [2.24, 2.45) is 0 Å². The number of carbonyl (C=O) groups is 2. The highest BCUT2D eigenvalue weighted by Gasteiger charge is 2.56. The summed E-state index contributed by atoms with van der Waals surface area (Å²) in [5.74, 6) is -0.172. The minimum absolute atomic E-state index is 0.118. The lowest BCUT2D eigenvalue weighted by atomic mass is 9.83. The first-order chi connectivity index (χ1) is 16.0. The zero-order valence-electron chi connectivity index (χ0n) is 19.0. The molecule has 3 fully saturated rings. The first-order valence-corrected chi connectivity index (χ1v) is 11.6. The molecule has 2 aromatic carbocycles. The molecule has 3 aliphatic heterocycles. The Bertz CT molecular complexity index is 1020. The fourth-order valence-electron chi connectivity index (χ4n) is 5.81. The number of benzene rings is 2. The quantitative estimate of drug-likeness (QED) is 0.699. The topological polar surface area (TPSA) is 73.3 Å². The lowest BCUT2D eigenvalue weighted by molar-refractivity contribution is -0.156. The minimum Gasteiger partial charge on any atom is -0.465 e. The number of likely N-dealkylation sites (tertiary alicyclic amines) is 1. The Morgan fingerprint density at radius 2 is 1.79 bits per heavy atom. The van der Waals surface area contributed by atoms with E-state index in [-0.39, 0.29) is 29.6 Å². The van der Waals surface area contributed by atoms with Gasteiger partial charge in [-0.25, -0.2) is 4.79 Å². The van der Waals surface area contributed by atoms with Gasteiger partial charge in [-0.2, -0.15) is 0 Å². The van der Waals surface area contributed by atoms with Crippen molar-refractivity contribution in [1.82, 2.24) is 14.7 Å². The molecule has 2 aromatic rings. The van der Waals surface area contributed by atoms with Crippen LogP contribution in [0.15, 0.2) is 54.6 Å². The van der Waals surface area contributed by atoms with E-state index in [9.17, 15) is 14.7 Å². The van der Waals surface area contributed by atoms with E-state index in [0.717, 1.165) is 37.2 Å². The van der Waals surface area contributed by atoms with Crippen molar-refractivity contribution in [3.8, 4) is 0 Å².